The molecule has 0 spiro atoms. The van der Waals surface area contributed by atoms with E-state index in [1.54, 1.807) is 24.3 Å². The number of rotatable bonds is 7. The summed E-state index contributed by atoms with van der Waals surface area (Å²) in [4.78, 5) is 55.0. The Morgan fingerprint density at radius 2 is 1.77 bits per heavy atom. The van der Waals surface area contributed by atoms with Crippen LogP contribution >= 0.6 is 0 Å². The van der Waals surface area contributed by atoms with Crippen LogP contribution in [-0.4, -0.2) is 80.1 Å². The van der Waals surface area contributed by atoms with Gasteiger partial charge in [-0.3, -0.25) is 24.1 Å². The molecule has 4 rings (SSSR count). The van der Waals surface area contributed by atoms with Gasteiger partial charge in [0.2, 0.25) is 17.7 Å². The highest BCUT2D eigenvalue weighted by Gasteiger charge is 2.26. The van der Waals surface area contributed by atoms with E-state index in [0.717, 1.165) is 44.0 Å². The summed E-state index contributed by atoms with van der Waals surface area (Å²) in [6.45, 7) is 8.90. The minimum Gasteiger partial charge on any atom is -0.493 e. The molecule has 2 atom stereocenters. The number of ether oxygens (including phenoxy) is 2. The van der Waals surface area contributed by atoms with Gasteiger partial charge < -0.3 is 30.7 Å². The Labute approximate surface area is 259 Å². The van der Waals surface area contributed by atoms with Gasteiger partial charge in [0.1, 0.15) is 17.8 Å². The van der Waals surface area contributed by atoms with Crippen LogP contribution in [0, 0.1) is 5.92 Å². The summed E-state index contributed by atoms with van der Waals surface area (Å²) in [7, 11) is 0. The first-order valence-corrected chi connectivity index (χ1v) is 15.5. The largest absolute Gasteiger partial charge is 0.493 e. The molecule has 11 heteroatoms. The van der Waals surface area contributed by atoms with E-state index in [1.807, 2.05) is 26.0 Å². The summed E-state index contributed by atoms with van der Waals surface area (Å²) in [6, 6.07) is 13.2. The fraction of sp³-hybridized carbons (Fsp3) is 0.515. The number of para-hydroxylation sites is 1. The van der Waals surface area contributed by atoms with E-state index in [4.69, 9.17) is 9.47 Å². The van der Waals surface area contributed by atoms with Crippen LogP contribution in [0.4, 0.5) is 0 Å². The normalized spacial score (nSPS) is 20.9. The van der Waals surface area contributed by atoms with Crippen LogP contribution in [0.2, 0.25) is 0 Å². The minimum atomic E-state index is -0.983. The maximum Gasteiger partial charge on any atom is 0.255 e. The Morgan fingerprint density at radius 1 is 1.00 bits per heavy atom. The van der Waals surface area contributed by atoms with Gasteiger partial charge in [-0.15, -0.1) is 0 Å². The van der Waals surface area contributed by atoms with Crippen molar-refractivity contribution in [2.75, 3.05) is 39.5 Å². The van der Waals surface area contributed by atoms with Crippen LogP contribution in [0.1, 0.15) is 61.0 Å². The molecule has 0 radical (unpaired) electrons. The molecule has 2 aliphatic heterocycles. The molecule has 238 valence electrons. The number of nitrogens with one attached hydrogen (secondary N) is 4. The maximum absolute atomic E-state index is 13.5. The van der Waals surface area contributed by atoms with Crippen molar-refractivity contribution in [2.45, 2.75) is 64.7 Å². The van der Waals surface area contributed by atoms with Crippen LogP contribution in [0.5, 0.6) is 5.75 Å². The fourth-order valence-corrected chi connectivity index (χ4v) is 5.29. The Hall–Kier alpha value is -3.96. The standard InChI is InChI=1S/C33H45N5O6/c1-23(2)19-28-33(42)34-13-6-16-44-29-10-4-3-9-26(29)31(40)37-27(11-12-30(39)36-28)32(41)35-21-24-7-5-8-25(20-24)22-38-14-17-43-18-15-38/h3-5,7-10,20,23,27-28H,6,11-19,21-22H2,1-2H3,(H,34,42)(H,35,41)(H,36,39)(H,37,40)/t27-,28-/m0/s1. The van der Waals surface area contributed by atoms with Crippen molar-refractivity contribution >= 4 is 23.6 Å². The molecule has 0 unspecified atom stereocenters. The summed E-state index contributed by atoms with van der Waals surface area (Å²) < 4.78 is 11.3. The number of morpholine rings is 1. The Bertz CT molecular complexity index is 1280. The lowest BCUT2D eigenvalue weighted by atomic mass is 10.0. The molecule has 2 aromatic rings. The molecule has 2 aliphatic rings. The van der Waals surface area contributed by atoms with Crippen molar-refractivity contribution < 1.29 is 28.7 Å². The number of fused-ring (bicyclic) bond motifs is 1. The second-order valence-electron chi connectivity index (χ2n) is 11.7. The molecule has 0 saturated carbocycles. The number of nitrogens with zero attached hydrogens (tertiary/aromatic N) is 1. The van der Waals surface area contributed by atoms with Crippen LogP contribution in [0.15, 0.2) is 48.5 Å². The first kappa shape index (κ1) is 32.9. The Morgan fingerprint density at radius 3 is 2.57 bits per heavy atom. The predicted octanol–water partition coefficient (Wildman–Crippen LogP) is 2.14. The van der Waals surface area contributed by atoms with Crippen LogP contribution in [0.3, 0.4) is 0 Å². The number of hydrogen-bond acceptors (Lipinski definition) is 7. The number of amides is 4. The summed E-state index contributed by atoms with van der Waals surface area (Å²) in [6.07, 6.45) is 1.00. The number of benzene rings is 2. The zero-order valence-electron chi connectivity index (χ0n) is 25.7. The zero-order chi connectivity index (χ0) is 31.3. The second kappa shape index (κ2) is 16.8. The average Bonchev–Trinajstić information content (AvgIpc) is 3.01. The minimum absolute atomic E-state index is 0.0482. The lowest BCUT2D eigenvalue weighted by Crippen LogP contribution is -2.49. The third kappa shape index (κ3) is 10.3. The van der Waals surface area contributed by atoms with Crippen molar-refractivity contribution in [2.24, 2.45) is 5.92 Å². The third-order valence-electron chi connectivity index (χ3n) is 7.62. The lowest BCUT2D eigenvalue weighted by molar-refractivity contribution is -0.129. The topological polar surface area (TPSA) is 138 Å². The van der Waals surface area contributed by atoms with Crippen molar-refractivity contribution in [3.8, 4) is 5.75 Å². The molecule has 2 aromatic carbocycles. The van der Waals surface area contributed by atoms with Crippen molar-refractivity contribution in [1.82, 2.24) is 26.2 Å². The van der Waals surface area contributed by atoms with Crippen LogP contribution in [0.25, 0.3) is 0 Å². The molecule has 0 aliphatic carbocycles. The van der Waals surface area contributed by atoms with E-state index in [9.17, 15) is 19.2 Å². The highest BCUT2D eigenvalue weighted by molar-refractivity contribution is 5.99. The van der Waals surface area contributed by atoms with Gasteiger partial charge in [0.15, 0.2) is 0 Å². The van der Waals surface area contributed by atoms with E-state index in [-0.39, 0.29) is 43.7 Å². The first-order chi connectivity index (χ1) is 21.3. The Balaban J connectivity index is 1.47. The summed E-state index contributed by atoms with van der Waals surface area (Å²) in [5.74, 6) is -0.910. The van der Waals surface area contributed by atoms with Gasteiger partial charge in [-0.05, 0) is 48.4 Å². The molecule has 0 aromatic heterocycles. The fourth-order valence-electron chi connectivity index (χ4n) is 5.29. The van der Waals surface area contributed by atoms with Crippen LogP contribution < -0.4 is 26.0 Å². The lowest BCUT2D eigenvalue weighted by Gasteiger charge is -2.26. The molecule has 0 bridgehead atoms. The molecule has 1 saturated heterocycles. The van der Waals surface area contributed by atoms with Crippen molar-refractivity contribution in [1.29, 1.82) is 0 Å². The maximum atomic E-state index is 13.5. The van der Waals surface area contributed by atoms with E-state index in [0.29, 0.717) is 30.7 Å². The van der Waals surface area contributed by atoms with Gasteiger partial charge in [-0.1, -0.05) is 50.2 Å². The predicted molar refractivity (Wildman–Crippen MR) is 166 cm³/mol. The molecular formula is C33H45N5O6. The molecule has 4 N–H and O–H groups in total. The Kier molecular flexibility index (Phi) is 12.6. The molecule has 1 fully saturated rings. The van der Waals surface area contributed by atoms with Gasteiger partial charge in [-0.25, -0.2) is 0 Å². The SMILES string of the molecule is CC(C)C[C@@H]1NC(=O)CC[C@@H](C(=O)NCc2cccc(CN3CCOCC3)c2)NC(=O)c2ccccc2OCCCNC1=O. The van der Waals surface area contributed by atoms with Crippen molar-refractivity contribution in [3.63, 3.8) is 0 Å². The van der Waals surface area contributed by atoms with Gasteiger partial charge in [0.05, 0.1) is 25.4 Å². The second-order valence-corrected chi connectivity index (χ2v) is 11.7. The van der Waals surface area contributed by atoms with E-state index < -0.39 is 23.9 Å². The third-order valence-corrected chi connectivity index (χ3v) is 7.62. The van der Waals surface area contributed by atoms with E-state index in [1.165, 1.54) is 0 Å². The molecule has 2 heterocycles. The monoisotopic (exact) mass is 607 g/mol. The van der Waals surface area contributed by atoms with Gasteiger partial charge >= 0.3 is 0 Å². The summed E-state index contributed by atoms with van der Waals surface area (Å²) >= 11 is 0. The molecule has 44 heavy (non-hydrogen) atoms. The molecular weight excluding hydrogens is 562 g/mol. The summed E-state index contributed by atoms with van der Waals surface area (Å²) in [5.41, 5.74) is 2.37. The molecule has 11 nitrogen and oxygen atoms in total. The highest BCUT2D eigenvalue weighted by atomic mass is 16.5. The first-order valence-electron chi connectivity index (χ1n) is 15.5. The average molecular weight is 608 g/mol. The smallest absolute Gasteiger partial charge is 0.255 e. The van der Waals surface area contributed by atoms with Gasteiger partial charge in [-0.2, -0.15) is 0 Å². The zero-order valence-corrected chi connectivity index (χ0v) is 25.7. The quantitative estimate of drug-likeness (QED) is 0.379. The number of carbonyl (C=O) groups excluding carboxylic acids is 4. The molecule has 4 amide bonds. The summed E-state index contributed by atoms with van der Waals surface area (Å²) in [5, 5.41) is 11.5. The highest BCUT2D eigenvalue weighted by Crippen LogP contribution is 2.19. The van der Waals surface area contributed by atoms with Crippen LogP contribution in [-0.2, 0) is 32.2 Å². The van der Waals surface area contributed by atoms with Gasteiger partial charge in [0.25, 0.3) is 5.91 Å². The van der Waals surface area contributed by atoms with Crippen molar-refractivity contribution in [3.05, 3.63) is 65.2 Å². The van der Waals surface area contributed by atoms with E-state index in [2.05, 4.69) is 38.3 Å². The number of carbonyl (C=O) groups is 4. The van der Waals surface area contributed by atoms with E-state index >= 15 is 0 Å². The number of hydrogen-bond donors (Lipinski definition) is 4. The van der Waals surface area contributed by atoms with Gasteiger partial charge in [0, 0.05) is 39.1 Å².